The van der Waals surface area contributed by atoms with Gasteiger partial charge in [-0.1, -0.05) is 6.92 Å². The van der Waals surface area contributed by atoms with Gasteiger partial charge in [-0.15, -0.1) is 0 Å². The maximum absolute atomic E-state index is 8.80. The molecule has 0 aromatic carbocycles. The first-order chi connectivity index (χ1) is 7.76. The molecule has 4 heteroatoms. The summed E-state index contributed by atoms with van der Waals surface area (Å²) in [6.07, 6.45) is 4.45. The fourth-order valence-corrected chi connectivity index (χ4v) is 1.45. The Hall–Kier alpha value is -1.29. The van der Waals surface area contributed by atoms with Crippen molar-refractivity contribution in [1.82, 2.24) is 4.98 Å². The highest BCUT2D eigenvalue weighted by Gasteiger charge is 2.01. The van der Waals surface area contributed by atoms with Gasteiger partial charge in [-0.25, -0.2) is 0 Å². The number of aliphatic hydroxyl groups is 1. The first kappa shape index (κ1) is 12.8. The summed E-state index contributed by atoms with van der Waals surface area (Å²) in [5, 5.41) is 15.3. The minimum Gasteiger partial charge on any atom is -0.396 e. The van der Waals surface area contributed by atoms with Crippen molar-refractivity contribution in [3.8, 4) is 0 Å². The molecule has 1 unspecified atom stereocenters. The lowest BCUT2D eigenvalue weighted by Gasteiger charge is -2.12. The summed E-state index contributed by atoms with van der Waals surface area (Å²) in [7, 11) is 0. The van der Waals surface area contributed by atoms with Gasteiger partial charge in [0.05, 0.1) is 23.8 Å². The fraction of sp³-hybridized carbons (Fsp3) is 0.583. The average molecular weight is 223 g/mol. The molecule has 0 aliphatic heterocycles. The Balaban J connectivity index is 2.44. The van der Waals surface area contributed by atoms with Crippen LogP contribution in [0.15, 0.2) is 18.5 Å². The van der Waals surface area contributed by atoms with E-state index in [4.69, 9.17) is 5.11 Å². The van der Waals surface area contributed by atoms with Crippen LogP contribution in [-0.4, -0.2) is 29.8 Å². The van der Waals surface area contributed by atoms with Gasteiger partial charge >= 0.3 is 0 Å². The van der Waals surface area contributed by atoms with E-state index in [1.807, 2.05) is 18.5 Å². The Morgan fingerprint density at radius 1 is 1.31 bits per heavy atom. The molecule has 0 fully saturated rings. The topological polar surface area (TPSA) is 57.2 Å². The van der Waals surface area contributed by atoms with E-state index in [0.29, 0.717) is 5.92 Å². The van der Waals surface area contributed by atoms with Gasteiger partial charge in [-0.2, -0.15) is 0 Å². The SMILES string of the molecule is CCNc1cncc(NCC(C)CCO)c1. The normalized spacial score (nSPS) is 12.2. The smallest absolute Gasteiger partial charge is 0.0547 e. The van der Waals surface area contributed by atoms with Crippen LogP contribution in [-0.2, 0) is 0 Å². The second-order valence-corrected chi connectivity index (χ2v) is 3.99. The zero-order chi connectivity index (χ0) is 11.8. The zero-order valence-corrected chi connectivity index (χ0v) is 10.0. The third-order valence-electron chi connectivity index (χ3n) is 2.40. The quantitative estimate of drug-likeness (QED) is 0.661. The molecule has 90 valence electrons. The van der Waals surface area contributed by atoms with E-state index < -0.39 is 0 Å². The summed E-state index contributed by atoms with van der Waals surface area (Å²) < 4.78 is 0. The van der Waals surface area contributed by atoms with Crippen LogP contribution in [0.4, 0.5) is 11.4 Å². The molecule has 0 aliphatic rings. The summed E-state index contributed by atoms with van der Waals surface area (Å²) in [6.45, 7) is 6.18. The molecule has 0 saturated carbocycles. The van der Waals surface area contributed by atoms with Crippen molar-refractivity contribution in [2.45, 2.75) is 20.3 Å². The van der Waals surface area contributed by atoms with Crippen LogP contribution in [0.3, 0.4) is 0 Å². The maximum Gasteiger partial charge on any atom is 0.0547 e. The largest absolute Gasteiger partial charge is 0.396 e. The Kier molecular flexibility index (Phi) is 5.64. The molecule has 0 bridgehead atoms. The van der Waals surface area contributed by atoms with Crippen LogP contribution in [0.25, 0.3) is 0 Å². The predicted molar refractivity (Wildman–Crippen MR) is 67.8 cm³/mol. The van der Waals surface area contributed by atoms with E-state index in [1.165, 1.54) is 0 Å². The second-order valence-electron chi connectivity index (χ2n) is 3.99. The molecular weight excluding hydrogens is 202 g/mol. The third kappa shape index (κ3) is 4.49. The minimum atomic E-state index is 0.249. The van der Waals surface area contributed by atoms with Crippen LogP contribution >= 0.6 is 0 Å². The number of nitrogens with one attached hydrogen (secondary N) is 2. The lowest BCUT2D eigenvalue weighted by molar-refractivity contribution is 0.266. The Bertz CT molecular complexity index is 304. The molecule has 1 aromatic rings. The molecule has 1 rings (SSSR count). The van der Waals surface area contributed by atoms with Crippen LogP contribution in [0.1, 0.15) is 20.3 Å². The Morgan fingerprint density at radius 2 is 2.00 bits per heavy atom. The monoisotopic (exact) mass is 223 g/mol. The molecular formula is C12H21N3O. The van der Waals surface area contributed by atoms with Gasteiger partial charge in [-0.3, -0.25) is 4.98 Å². The van der Waals surface area contributed by atoms with E-state index in [1.54, 1.807) is 0 Å². The summed E-state index contributed by atoms with van der Waals surface area (Å²) in [5.74, 6) is 0.466. The van der Waals surface area contributed by atoms with Gasteiger partial charge < -0.3 is 15.7 Å². The van der Waals surface area contributed by atoms with Crippen LogP contribution < -0.4 is 10.6 Å². The number of aliphatic hydroxyl groups excluding tert-OH is 1. The zero-order valence-electron chi connectivity index (χ0n) is 10.0. The van der Waals surface area contributed by atoms with Crippen LogP contribution in [0.2, 0.25) is 0 Å². The minimum absolute atomic E-state index is 0.249. The maximum atomic E-state index is 8.80. The standard InChI is InChI=1S/C12H21N3O/c1-3-14-11-6-12(9-13-8-11)15-7-10(2)4-5-16/h6,8-10,14-16H,3-5,7H2,1-2H3. The molecule has 16 heavy (non-hydrogen) atoms. The van der Waals surface area contributed by atoms with E-state index in [9.17, 15) is 0 Å². The van der Waals surface area contributed by atoms with Gasteiger partial charge in [0.25, 0.3) is 0 Å². The summed E-state index contributed by atoms with van der Waals surface area (Å²) in [4.78, 5) is 4.15. The Morgan fingerprint density at radius 3 is 2.62 bits per heavy atom. The fourth-order valence-electron chi connectivity index (χ4n) is 1.45. The molecule has 1 heterocycles. The molecule has 0 aliphatic carbocycles. The van der Waals surface area contributed by atoms with Gasteiger partial charge in [0.2, 0.25) is 0 Å². The molecule has 0 radical (unpaired) electrons. The molecule has 1 atom stereocenters. The summed E-state index contributed by atoms with van der Waals surface area (Å²) in [5.41, 5.74) is 2.05. The lowest BCUT2D eigenvalue weighted by Crippen LogP contribution is -2.12. The van der Waals surface area contributed by atoms with E-state index in [0.717, 1.165) is 30.9 Å². The number of pyridine rings is 1. The highest BCUT2D eigenvalue weighted by atomic mass is 16.3. The molecule has 0 spiro atoms. The molecule has 1 aromatic heterocycles. The van der Waals surface area contributed by atoms with Gasteiger partial charge in [0.1, 0.15) is 0 Å². The van der Waals surface area contributed by atoms with Crippen LogP contribution in [0, 0.1) is 5.92 Å². The third-order valence-corrected chi connectivity index (χ3v) is 2.40. The molecule has 4 nitrogen and oxygen atoms in total. The predicted octanol–water partition coefficient (Wildman–Crippen LogP) is 1.94. The molecule has 0 saturated heterocycles. The first-order valence-electron chi connectivity index (χ1n) is 5.80. The number of rotatable bonds is 7. The van der Waals surface area contributed by atoms with Crippen molar-refractivity contribution in [2.75, 3.05) is 30.3 Å². The van der Waals surface area contributed by atoms with Crippen molar-refractivity contribution in [2.24, 2.45) is 5.92 Å². The first-order valence-corrected chi connectivity index (χ1v) is 5.80. The molecule has 0 amide bonds. The number of hydrogen-bond acceptors (Lipinski definition) is 4. The van der Waals surface area contributed by atoms with E-state index in [2.05, 4.69) is 29.5 Å². The van der Waals surface area contributed by atoms with Crippen molar-refractivity contribution >= 4 is 11.4 Å². The highest BCUT2D eigenvalue weighted by molar-refractivity contribution is 5.53. The van der Waals surface area contributed by atoms with Crippen molar-refractivity contribution in [3.63, 3.8) is 0 Å². The van der Waals surface area contributed by atoms with Gasteiger partial charge in [0, 0.05) is 19.7 Å². The highest BCUT2D eigenvalue weighted by Crippen LogP contribution is 2.13. The number of nitrogens with zero attached hydrogens (tertiary/aromatic N) is 1. The number of anilines is 2. The van der Waals surface area contributed by atoms with E-state index in [-0.39, 0.29) is 6.61 Å². The Labute approximate surface area is 97.1 Å². The molecule has 3 N–H and O–H groups in total. The summed E-state index contributed by atoms with van der Waals surface area (Å²) in [6, 6.07) is 2.04. The van der Waals surface area contributed by atoms with Crippen molar-refractivity contribution < 1.29 is 5.11 Å². The average Bonchev–Trinajstić information content (AvgIpc) is 2.28. The second kappa shape index (κ2) is 7.06. The van der Waals surface area contributed by atoms with Crippen molar-refractivity contribution in [3.05, 3.63) is 18.5 Å². The van der Waals surface area contributed by atoms with Gasteiger partial charge in [-0.05, 0) is 25.3 Å². The number of hydrogen-bond donors (Lipinski definition) is 3. The number of aromatic nitrogens is 1. The van der Waals surface area contributed by atoms with Gasteiger partial charge in [0.15, 0.2) is 0 Å². The summed E-state index contributed by atoms with van der Waals surface area (Å²) >= 11 is 0. The van der Waals surface area contributed by atoms with Crippen LogP contribution in [0.5, 0.6) is 0 Å². The van der Waals surface area contributed by atoms with E-state index >= 15 is 0 Å². The van der Waals surface area contributed by atoms with Crippen molar-refractivity contribution in [1.29, 1.82) is 0 Å². The lowest BCUT2D eigenvalue weighted by atomic mass is 10.1.